The molecular weight excluding hydrogens is 252 g/mol. The van der Waals surface area contributed by atoms with Gasteiger partial charge in [0.05, 0.1) is 6.61 Å². The van der Waals surface area contributed by atoms with Crippen molar-refractivity contribution in [3.63, 3.8) is 0 Å². The van der Waals surface area contributed by atoms with Crippen molar-refractivity contribution in [2.45, 2.75) is 38.6 Å². The van der Waals surface area contributed by atoms with Crippen molar-refractivity contribution >= 4 is 11.7 Å². The minimum absolute atomic E-state index is 0.315. The normalized spacial score (nSPS) is 17.2. The molecule has 0 aromatic heterocycles. The molecular formula is C16H24N2O2. The zero-order chi connectivity index (χ0) is 14.6. The van der Waals surface area contributed by atoms with E-state index in [2.05, 4.69) is 29.2 Å². The van der Waals surface area contributed by atoms with Crippen molar-refractivity contribution in [1.82, 2.24) is 0 Å². The molecule has 0 saturated carbocycles. The quantitative estimate of drug-likeness (QED) is 0.837. The van der Waals surface area contributed by atoms with Gasteiger partial charge in [0.15, 0.2) is 0 Å². The van der Waals surface area contributed by atoms with Gasteiger partial charge >= 0.3 is 5.97 Å². The summed E-state index contributed by atoms with van der Waals surface area (Å²) in [6.07, 6.45) is 2.88. The molecule has 4 heteroatoms. The van der Waals surface area contributed by atoms with Crippen molar-refractivity contribution in [2.24, 2.45) is 5.73 Å². The fourth-order valence-electron chi connectivity index (χ4n) is 2.61. The second-order valence-electron chi connectivity index (χ2n) is 5.61. The first kappa shape index (κ1) is 14.9. The predicted molar refractivity (Wildman–Crippen MR) is 80.8 cm³/mol. The van der Waals surface area contributed by atoms with E-state index in [0.717, 1.165) is 25.9 Å². The van der Waals surface area contributed by atoms with Crippen molar-refractivity contribution in [3.05, 3.63) is 29.8 Å². The molecule has 1 atom stereocenters. The van der Waals surface area contributed by atoms with Crippen LogP contribution in [0.2, 0.25) is 0 Å². The Morgan fingerprint density at radius 2 is 2.20 bits per heavy atom. The van der Waals surface area contributed by atoms with Gasteiger partial charge in [0, 0.05) is 18.8 Å². The third kappa shape index (κ3) is 3.31. The van der Waals surface area contributed by atoms with E-state index < -0.39 is 5.54 Å². The van der Waals surface area contributed by atoms with E-state index in [1.165, 1.54) is 11.3 Å². The molecule has 1 aromatic rings. The van der Waals surface area contributed by atoms with Crippen LogP contribution in [0.1, 0.15) is 32.3 Å². The number of hydrogen-bond donors (Lipinski definition) is 1. The lowest BCUT2D eigenvalue weighted by Gasteiger charge is -2.33. The minimum Gasteiger partial charge on any atom is -0.465 e. The number of nitrogens with zero attached hydrogens (tertiary/aromatic N) is 1. The molecule has 2 rings (SSSR count). The second-order valence-corrected chi connectivity index (χ2v) is 5.61. The van der Waals surface area contributed by atoms with E-state index >= 15 is 0 Å². The highest BCUT2D eigenvalue weighted by atomic mass is 16.5. The summed E-state index contributed by atoms with van der Waals surface area (Å²) in [5.74, 6) is -0.315. The maximum absolute atomic E-state index is 11.8. The lowest BCUT2D eigenvalue weighted by molar-refractivity contribution is -0.149. The summed E-state index contributed by atoms with van der Waals surface area (Å²) in [5.41, 5.74) is 7.83. The third-order valence-electron chi connectivity index (χ3n) is 3.85. The van der Waals surface area contributed by atoms with Crippen molar-refractivity contribution in [1.29, 1.82) is 0 Å². The number of nitrogens with two attached hydrogens (primary N) is 1. The van der Waals surface area contributed by atoms with Gasteiger partial charge in [-0.05, 0) is 44.7 Å². The first-order valence-electron chi connectivity index (χ1n) is 7.33. The molecule has 1 aromatic carbocycles. The molecule has 20 heavy (non-hydrogen) atoms. The van der Waals surface area contributed by atoms with Crippen LogP contribution >= 0.6 is 0 Å². The van der Waals surface area contributed by atoms with Crippen LogP contribution < -0.4 is 10.6 Å². The number of carbonyl (C=O) groups excluding carboxylic acids is 1. The number of hydrogen-bond acceptors (Lipinski definition) is 4. The van der Waals surface area contributed by atoms with Crippen LogP contribution in [-0.4, -0.2) is 31.2 Å². The van der Waals surface area contributed by atoms with E-state index in [4.69, 9.17) is 10.5 Å². The van der Waals surface area contributed by atoms with Gasteiger partial charge < -0.3 is 15.4 Å². The number of ether oxygens (including phenoxy) is 1. The Labute approximate surface area is 120 Å². The van der Waals surface area contributed by atoms with Gasteiger partial charge in [-0.15, -0.1) is 0 Å². The highest BCUT2D eigenvalue weighted by Crippen LogP contribution is 2.27. The third-order valence-corrected chi connectivity index (χ3v) is 3.85. The molecule has 1 aliphatic rings. The SMILES string of the molecule is CCOC(=O)C(C)(N)CCN1CCCc2ccccc21. The Morgan fingerprint density at radius 3 is 2.95 bits per heavy atom. The lowest BCUT2D eigenvalue weighted by Crippen LogP contribution is -2.49. The van der Waals surface area contributed by atoms with Gasteiger partial charge in [0.1, 0.15) is 5.54 Å². The van der Waals surface area contributed by atoms with Gasteiger partial charge in [0.25, 0.3) is 0 Å². The van der Waals surface area contributed by atoms with Gasteiger partial charge in [0.2, 0.25) is 0 Å². The number of esters is 1. The molecule has 1 aliphatic heterocycles. The van der Waals surface area contributed by atoms with Crippen molar-refractivity contribution < 1.29 is 9.53 Å². The first-order valence-corrected chi connectivity index (χ1v) is 7.33. The fraction of sp³-hybridized carbons (Fsp3) is 0.562. The van der Waals surface area contributed by atoms with Gasteiger partial charge in [-0.2, -0.15) is 0 Å². The van der Waals surface area contributed by atoms with Crippen LogP contribution in [0.25, 0.3) is 0 Å². The van der Waals surface area contributed by atoms with E-state index in [0.29, 0.717) is 13.0 Å². The van der Waals surface area contributed by atoms with Crippen LogP contribution in [0.5, 0.6) is 0 Å². The molecule has 0 aliphatic carbocycles. The zero-order valence-corrected chi connectivity index (χ0v) is 12.4. The van der Waals surface area contributed by atoms with Crippen LogP contribution in [0.4, 0.5) is 5.69 Å². The van der Waals surface area contributed by atoms with Crippen molar-refractivity contribution in [3.8, 4) is 0 Å². The standard InChI is InChI=1S/C16H24N2O2/c1-3-20-15(19)16(2,17)10-12-18-11-6-8-13-7-4-5-9-14(13)18/h4-5,7,9H,3,6,8,10-12,17H2,1-2H3. The lowest BCUT2D eigenvalue weighted by atomic mass is 9.97. The van der Waals surface area contributed by atoms with E-state index in [-0.39, 0.29) is 5.97 Å². The van der Waals surface area contributed by atoms with Crippen molar-refractivity contribution in [2.75, 3.05) is 24.6 Å². The topological polar surface area (TPSA) is 55.6 Å². The molecule has 0 spiro atoms. The molecule has 0 bridgehead atoms. The smallest absolute Gasteiger partial charge is 0.325 e. The van der Waals surface area contributed by atoms with Gasteiger partial charge in [-0.25, -0.2) is 0 Å². The number of para-hydroxylation sites is 1. The summed E-state index contributed by atoms with van der Waals surface area (Å²) in [4.78, 5) is 14.1. The average Bonchev–Trinajstić information content (AvgIpc) is 2.45. The van der Waals surface area contributed by atoms with Gasteiger partial charge in [-0.3, -0.25) is 4.79 Å². The highest BCUT2D eigenvalue weighted by Gasteiger charge is 2.30. The summed E-state index contributed by atoms with van der Waals surface area (Å²) in [6, 6.07) is 8.46. The first-order chi connectivity index (χ1) is 9.54. The maximum atomic E-state index is 11.8. The Kier molecular flexibility index (Phi) is 4.65. The highest BCUT2D eigenvalue weighted by molar-refractivity contribution is 5.80. The largest absolute Gasteiger partial charge is 0.465 e. The molecule has 1 heterocycles. The minimum atomic E-state index is -0.914. The summed E-state index contributed by atoms with van der Waals surface area (Å²) in [5, 5.41) is 0. The summed E-state index contributed by atoms with van der Waals surface area (Å²) < 4.78 is 5.03. The Bertz CT molecular complexity index is 471. The molecule has 0 saturated heterocycles. The summed E-state index contributed by atoms with van der Waals surface area (Å²) in [6.45, 7) is 5.73. The molecule has 0 radical (unpaired) electrons. The molecule has 4 nitrogen and oxygen atoms in total. The van der Waals surface area contributed by atoms with Crippen LogP contribution in [0.3, 0.4) is 0 Å². The number of rotatable bonds is 5. The maximum Gasteiger partial charge on any atom is 0.325 e. The Hall–Kier alpha value is -1.55. The zero-order valence-electron chi connectivity index (χ0n) is 12.4. The van der Waals surface area contributed by atoms with Gasteiger partial charge in [-0.1, -0.05) is 18.2 Å². The average molecular weight is 276 g/mol. The Balaban J connectivity index is 2.00. The number of fused-ring (bicyclic) bond motifs is 1. The predicted octanol–water partition coefficient (Wildman–Crippen LogP) is 2.11. The molecule has 1 unspecified atom stereocenters. The summed E-state index contributed by atoms with van der Waals surface area (Å²) >= 11 is 0. The van der Waals surface area contributed by atoms with Crippen LogP contribution in [0.15, 0.2) is 24.3 Å². The van der Waals surface area contributed by atoms with E-state index in [1.54, 1.807) is 13.8 Å². The molecule has 0 fully saturated rings. The molecule has 0 amide bonds. The number of aryl methyl sites for hydroxylation is 1. The fourth-order valence-corrected chi connectivity index (χ4v) is 2.61. The van der Waals surface area contributed by atoms with Crippen LogP contribution in [0, 0.1) is 0 Å². The van der Waals surface area contributed by atoms with E-state index in [9.17, 15) is 4.79 Å². The monoisotopic (exact) mass is 276 g/mol. The number of benzene rings is 1. The van der Waals surface area contributed by atoms with Crippen LogP contribution in [-0.2, 0) is 16.0 Å². The Morgan fingerprint density at radius 1 is 1.45 bits per heavy atom. The molecule has 2 N–H and O–H groups in total. The number of anilines is 1. The summed E-state index contributed by atoms with van der Waals surface area (Å²) in [7, 11) is 0. The van der Waals surface area contributed by atoms with E-state index in [1.807, 2.05) is 0 Å². The molecule has 110 valence electrons. The second kappa shape index (κ2) is 6.27. The number of carbonyl (C=O) groups is 1.